The molecule has 31 heavy (non-hydrogen) atoms. The fraction of sp³-hybridized carbons (Fsp3) is 0.0500. The number of hydrogen-bond acceptors (Lipinski definition) is 9. The second-order valence-corrected chi connectivity index (χ2v) is 7.38. The molecule has 3 aromatic rings. The Morgan fingerprint density at radius 3 is 2.71 bits per heavy atom. The van der Waals surface area contributed by atoms with E-state index in [9.17, 15) is 14.9 Å². The maximum absolute atomic E-state index is 12.3. The van der Waals surface area contributed by atoms with Crippen molar-refractivity contribution in [3.8, 4) is 16.7 Å². The molecule has 0 saturated heterocycles. The van der Waals surface area contributed by atoms with E-state index >= 15 is 0 Å². The lowest BCUT2D eigenvalue weighted by molar-refractivity contribution is -0.385. The summed E-state index contributed by atoms with van der Waals surface area (Å²) in [5, 5.41) is 11.7. The number of hydrogen-bond donors (Lipinski definition) is 0. The number of aromatic nitrogens is 1. The van der Waals surface area contributed by atoms with Crippen LogP contribution < -0.4 is 9.47 Å². The molecule has 0 unspecified atom stereocenters. The second-order valence-electron chi connectivity index (χ2n) is 6.03. The van der Waals surface area contributed by atoms with Crippen molar-refractivity contribution in [2.45, 2.75) is 0 Å². The first-order valence-corrected chi connectivity index (χ1v) is 9.88. The van der Waals surface area contributed by atoms with Gasteiger partial charge in [0, 0.05) is 11.6 Å². The van der Waals surface area contributed by atoms with Crippen molar-refractivity contribution in [2.24, 2.45) is 4.99 Å². The molecule has 9 nitrogen and oxygen atoms in total. The van der Waals surface area contributed by atoms with Gasteiger partial charge in [-0.3, -0.25) is 10.1 Å². The van der Waals surface area contributed by atoms with Gasteiger partial charge in [0.25, 0.3) is 5.19 Å². The van der Waals surface area contributed by atoms with E-state index in [1.165, 1.54) is 31.4 Å². The van der Waals surface area contributed by atoms with Crippen LogP contribution in [0.4, 0.5) is 5.69 Å². The third-order valence-corrected chi connectivity index (χ3v) is 5.33. The van der Waals surface area contributed by atoms with Crippen LogP contribution in [-0.4, -0.2) is 28.9 Å². The van der Waals surface area contributed by atoms with Gasteiger partial charge in [-0.05, 0) is 30.3 Å². The summed E-state index contributed by atoms with van der Waals surface area (Å²) < 4.78 is 15.8. The maximum atomic E-state index is 12.3. The highest BCUT2D eigenvalue weighted by atomic mass is 35.5. The molecular weight excluding hydrogens is 446 g/mol. The van der Waals surface area contributed by atoms with Crippen molar-refractivity contribution in [1.82, 2.24) is 4.98 Å². The summed E-state index contributed by atoms with van der Waals surface area (Å²) >= 11 is 7.29. The first-order chi connectivity index (χ1) is 14.9. The Hall–Kier alpha value is -3.76. The first kappa shape index (κ1) is 20.5. The molecule has 2 aromatic carbocycles. The predicted molar refractivity (Wildman–Crippen MR) is 114 cm³/mol. The third-order valence-electron chi connectivity index (χ3n) is 4.05. The summed E-state index contributed by atoms with van der Waals surface area (Å²) in [5.74, 6) is -0.113. The smallest absolute Gasteiger partial charge is 0.363 e. The number of aliphatic imine (C=N–C) groups is 1. The van der Waals surface area contributed by atoms with Crippen molar-refractivity contribution in [3.05, 3.63) is 79.9 Å². The number of nitro groups is 1. The van der Waals surface area contributed by atoms with Gasteiger partial charge in [0.1, 0.15) is 5.75 Å². The normalized spacial score (nSPS) is 14.3. The van der Waals surface area contributed by atoms with Gasteiger partial charge < -0.3 is 14.2 Å². The minimum atomic E-state index is -0.719. The number of nitrogens with zero attached hydrogens (tertiary/aromatic N) is 3. The van der Waals surface area contributed by atoms with E-state index in [0.717, 1.165) is 11.3 Å². The fourth-order valence-corrected chi connectivity index (χ4v) is 3.70. The summed E-state index contributed by atoms with van der Waals surface area (Å²) in [4.78, 5) is 31.6. The highest BCUT2D eigenvalue weighted by molar-refractivity contribution is 7.14. The van der Waals surface area contributed by atoms with E-state index in [4.69, 9.17) is 25.8 Å². The highest BCUT2D eigenvalue weighted by Crippen LogP contribution is 2.35. The Labute approximate surface area is 184 Å². The van der Waals surface area contributed by atoms with E-state index in [1.54, 1.807) is 12.1 Å². The van der Waals surface area contributed by atoms with Crippen molar-refractivity contribution >= 4 is 46.6 Å². The molecule has 0 bridgehead atoms. The lowest BCUT2D eigenvalue weighted by Gasteiger charge is -2.03. The van der Waals surface area contributed by atoms with Crippen LogP contribution in [0.1, 0.15) is 10.4 Å². The number of methoxy groups -OCH3 is 1. The number of cyclic esters (lactones) is 1. The Kier molecular flexibility index (Phi) is 5.65. The molecule has 1 aromatic heterocycles. The zero-order valence-electron chi connectivity index (χ0n) is 15.8. The van der Waals surface area contributed by atoms with Crippen LogP contribution in [0.5, 0.6) is 16.7 Å². The van der Waals surface area contributed by atoms with Gasteiger partial charge >= 0.3 is 11.7 Å². The molecule has 1 aliphatic heterocycles. The van der Waals surface area contributed by atoms with Gasteiger partial charge in [0.05, 0.1) is 16.9 Å². The highest BCUT2D eigenvalue weighted by Gasteiger charge is 2.27. The summed E-state index contributed by atoms with van der Waals surface area (Å²) in [6.07, 6.45) is 1.42. The van der Waals surface area contributed by atoms with E-state index in [1.807, 2.05) is 18.2 Å². The average Bonchev–Trinajstić information content (AvgIpc) is 3.30. The molecule has 0 aliphatic carbocycles. The quantitative estimate of drug-likeness (QED) is 0.225. The third kappa shape index (κ3) is 4.39. The number of nitro benzene ring substituents is 1. The molecule has 0 radical (unpaired) electrons. The lowest BCUT2D eigenvalue weighted by atomic mass is 10.2. The number of carbonyl (C=O) groups excluding carboxylic acids is 1. The molecule has 4 rings (SSSR count). The molecule has 11 heteroatoms. The van der Waals surface area contributed by atoms with Crippen LogP contribution in [0.15, 0.2) is 59.2 Å². The number of esters is 1. The Morgan fingerprint density at radius 2 is 2.00 bits per heavy atom. The fourth-order valence-electron chi connectivity index (χ4n) is 2.64. The number of benzene rings is 2. The maximum Gasteiger partial charge on any atom is 0.363 e. The second kappa shape index (κ2) is 8.54. The van der Waals surface area contributed by atoms with E-state index < -0.39 is 10.9 Å². The Bertz CT molecular complexity index is 1240. The standard InChI is InChI=1S/C20H12ClN3O6S/c1-28-15-8-7-11(9-14(15)24(26)27)18-22-13(19(25)30-18)10-16-17(21)23-20(31-16)29-12-5-3-2-4-6-12/h2-10H,1H3/b13-10-. The van der Waals surface area contributed by atoms with Crippen LogP contribution in [0, 0.1) is 10.1 Å². The average molecular weight is 458 g/mol. The molecule has 2 heterocycles. The molecule has 156 valence electrons. The van der Waals surface area contributed by atoms with Gasteiger partial charge in [-0.25, -0.2) is 9.79 Å². The molecule has 0 spiro atoms. The van der Waals surface area contributed by atoms with Gasteiger partial charge in [0.15, 0.2) is 16.6 Å². The SMILES string of the molecule is COc1ccc(C2=N/C(=C\c3sc(Oc4ccccc4)nc3Cl)C(=O)O2)cc1[N+](=O)[O-]. The van der Waals surface area contributed by atoms with Gasteiger partial charge in [0.2, 0.25) is 5.90 Å². The van der Waals surface area contributed by atoms with Crippen molar-refractivity contribution in [2.75, 3.05) is 7.11 Å². The van der Waals surface area contributed by atoms with Crippen molar-refractivity contribution in [1.29, 1.82) is 0 Å². The Balaban J connectivity index is 1.62. The van der Waals surface area contributed by atoms with Crippen molar-refractivity contribution in [3.63, 3.8) is 0 Å². The topological polar surface area (TPSA) is 113 Å². The molecule has 0 saturated carbocycles. The number of ether oxygens (including phenoxy) is 3. The molecule has 0 fully saturated rings. The minimum absolute atomic E-state index is 0.0229. The number of halogens is 1. The minimum Gasteiger partial charge on any atom is -0.490 e. The predicted octanol–water partition coefficient (Wildman–Crippen LogP) is 4.85. The summed E-state index contributed by atoms with van der Waals surface area (Å²) in [6, 6.07) is 13.2. The van der Waals surface area contributed by atoms with E-state index in [0.29, 0.717) is 15.8 Å². The first-order valence-electron chi connectivity index (χ1n) is 8.69. The summed E-state index contributed by atoms with van der Waals surface area (Å²) in [7, 11) is 1.32. The molecular formula is C20H12ClN3O6S. The van der Waals surface area contributed by atoms with Crippen molar-refractivity contribution < 1.29 is 23.9 Å². The van der Waals surface area contributed by atoms with Crippen LogP contribution >= 0.6 is 22.9 Å². The molecule has 0 amide bonds. The van der Waals surface area contributed by atoms with E-state index in [-0.39, 0.29) is 33.7 Å². The van der Waals surface area contributed by atoms with Gasteiger partial charge in [-0.2, -0.15) is 4.98 Å². The number of para-hydroxylation sites is 1. The monoisotopic (exact) mass is 457 g/mol. The molecule has 0 N–H and O–H groups in total. The van der Waals surface area contributed by atoms with E-state index in [2.05, 4.69) is 9.98 Å². The Morgan fingerprint density at radius 1 is 1.23 bits per heavy atom. The summed E-state index contributed by atoms with van der Waals surface area (Å²) in [5.41, 5.74) is -0.0394. The molecule has 0 atom stereocenters. The van der Waals surface area contributed by atoms with Crippen LogP contribution in [0.2, 0.25) is 5.15 Å². The van der Waals surface area contributed by atoms with Gasteiger partial charge in [-0.15, -0.1) is 0 Å². The zero-order valence-corrected chi connectivity index (χ0v) is 17.3. The van der Waals surface area contributed by atoms with Gasteiger partial charge in [-0.1, -0.05) is 41.1 Å². The number of carbonyl (C=O) groups is 1. The lowest BCUT2D eigenvalue weighted by Crippen LogP contribution is -2.06. The zero-order chi connectivity index (χ0) is 22.0. The molecule has 1 aliphatic rings. The van der Waals surface area contributed by atoms with Crippen LogP contribution in [0.3, 0.4) is 0 Å². The van der Waals surface area contributed by atoms with Crippen LogP contribution in [-0.2, 0) is 9.53 Å². The largest absolute Gasteiger partial charge is 0.490 e. The van der Waals surface area contributed by atoms with Crippen LogP contribution in [0.25, 0.3) is 6.08 Å². The number of rotatable bonds is 6. The number of thiazole rings is 1. The summed E-state index contributed by atoms with van der Waals surface area (Å²) in [6.45, 7) is 0.